The Morgan fingerprint density at radius 3 is 2.78 bits per heavy atom. The van der Waals surface area contributed by atoms with Crippen molar-refractivity contribution in [1.82, 2.24) is 20.3 Å². The van der Waals surface area contributed by atoms with Crippen molar-refractivity contribution in [3.63, 3.8) is 0 Å². The van der Waals surface area contributed by atoms with Crippen molar-refractivity contribution in [1.29, 1.82) is 0 Å². The van der Waals surface area contributed by atoms with Crippen LogP contribution in [0.15, 0.2) is 29.3 Å². The van der Waals surface area contributed by atoms with E-state index in [0.717, 1.165) is 49.2 Å². The van der Waals surface area contributed by atoms with E-state index < -0.39 is 16.9 Å². The van der Waals surface area contributed by atoms with Crippen LogP contribution in [0, 0.1) is 11.8 Å². The van der Waals surface area contributed by atoms with E-state index in [2.05, 4.69) is 38.4 Å². The molecule has 3 aliphatic rings. The van der Waals surface area contributed by atoms with Crippen LogP contribution in [0.1, 0.15) is 49.6 Å². The summed E-state index contributed by atoms with van der Waals surface area (Å²) in [5.74, 6) is 7.75. The molecule has 2 aliphatic heterocycles. The van der Waals surface area contributed by atoms with Crippen molar-refractivity contribution >= 4 is 34.2 Å². The predicted molar refractivity (Wildman–Crippen MR) is 139 cm³/mol. The fourth-order valence-electron chi connectivity index (χ4n) is 4.81. The van der Waals surface area contributed by atoms with Crippen LogP contribution < -0.4 is 15.5 Å². The number of hydrogen-bond donors (Lipinski definition) is 2. The van der Waals surface area contributed by atoms with E-state index in [1.165, 1.54) is 12.7 Å². The fourth-order valence-corrected chi connectivity index (χ4v) is 6.12. The third kappa shape index (κ3) is 4.93. The number of aryl methyl sites for hydroxylation is 1. The highest BCUT2D eigenvalue weighted by Crippen LogP contribution is 2.38. The van der Waals surface area contributed by atoms with Crippen molar-refractivity contribution in [3.8, 4) is 11.8 Å². The van der Waals surface area contributed by atoms with Gasteiger partial charge in [0.2, 0.25) is 5.95 Å². The molecule has 1 amide bonds. The zero-order chi connectivity index (χ0) is 25.1. The van der Waals surface area contributed by atoms with Crippen molar-refractivity contribution in [2.45, 2.75) is 49.5 Å². The number of hydrogen-bond acceptors (Lipinski definition) is 8. The molecule has 0 unspecified atom stereocenters. The summed E-state index contributed by atoms with van der Waals surface area (Å²) in [7, 11) is 0.223. The molecule has 10 heteroatoms. The third-order valence-corrected chi connectivity index (χ3v) is 8.44. The molecule has 1 atom stereocenters. The van der Waals surface area contributed by atoms with Gasteiger partial charge in [0.25, 0.3) is 0 Å². The third-order valence-electron chi connectivity index (χ3n) is 6.98. The van der Waals surface area contributed by atoms with Gasteiger partial charge in [-0.1, -0.05) is 12.0 Å². The minimum atomic E-state index is -1.13. The number of aromatic nitrogens is 3. The van der Waals surface area contributed by atoms with Gasteiger partial charge in [0.15, 0.2) is 0 Å². The molecule has 1 saturated carbocycles. The van der Waals surface area contributed by atoms with E-state index in [1.807, 2.05) is 25.3 Å². The molecule has 0 saturated heterocycles. The van der Waals surface area contributed by atoms with Crippen molar-refractivity contribution in [3.05, 3.63) is 41.4 Å². The Morgan fingerprint density at radius 1 is 1.28 bits per heavy atom. The number of nitrogens with one attached hydrogen (secondary N) is 2. The zero-order valence-electron chi connectivity index (χ0n) is 20.6. The van der Waals surface area contributed by atoms with Gasteiger partial charge in [0.05, 0.1) is 34.8 Å². The molecule has 5 rings (SSSR count). The minimum absolute atomic E-state index is 0.324. The van der Waals surface area contributed by atoms with E-state index in [9.17, 15) is 9.00 Å². The number of fused-ring (bicyclic) bond motifs is 1. The van der Waals surface area contributed by atoms with Crippen molar-refractivity contribution in [2.24, 2.45) is 0 Å². The summed E-state index contributed by atoms with van der Waals surface area (Å²) in [4.78, 5) is 28.8. The molecule has 9 nitrogen and oxygen atoms in total. The lowest BCUT2D eigenvalue weighted by Crippen LogP contribution is -2.54. The van der Waals surface area contributed by atoms with Crippen LogP contribution in [0.2, 0.25) is 0 Å². The van der Waals surface area contributed by atoms with E-state index in [-0.39, 0.29) is 5.54 Å². The largest absolute Gasteiger partial charge is 0.453 e. The maximum atomic E-state index is 12.8. The SMILES string of the molecule is CC#Cc1ccc(C2=CCN(c3nc4c(c(NC5(CNC(=O)OC)CCC5)n3)[S@](=O)CC4)CC2)nc1. The Bertz CT molecular complexity index is 1280. The molecule has 0 spiro atoms. The molecule has 2 aromatic rings. The topological polar surface area (TPSA) is 109 Å². The number of alkyl carbamates (subject to hydrolysis) is 1. The lowest BCUT2D eigenvalue weighted by molar-refractivity contribution is 0.163. The maximum Gasteiger partial charge on any atom is 0.406 e. The van der Waals surface area contributed by atoms with Gasteiger partial charge in [-0.2, -0.15) is 4.98 Å². The highest BCUT2D eigenvalue weighted by atomic mass is 32.2. The molecule has 0 aromatic carbocycles. The van der Waals surface area contributed by atoms with Crippen molar-refractivity contribution < 1.29 is 13.7 Å². The Kier molecular flexibility index (Phi) is 6.92. The zero-order valence-corrected chi connectivity index (χ0v) is 21.4. The number of carbonyl (C=O) groups is 1. The van der Waals surface area contributed by atoms with Gasteiger partial charge in [-0.05, 0) is 50.3 Å². The Balaban J connectivity index is 1.36. The van der Waals surface area contributed by atoms with Gasteiger partial charge in [-0.3, -0.25) is 9.19 Å². The fraction of sp³-hybridized carbons (Fsp3) is 0.462. The average molecular weight is 507 g/mol. The van der Waals surface area contributed by atoms with E-state index in [0.29, 0.717) is 41.9 Å². The molecule has 2 N–H and O–H groups in total. The van der Waals surface area contributed by atoms with Crippen LogP contribution in [0.3, 0.4) is 0 Å². The first-order valence-corrected chi connectivity index (χ1v) is 13.5. The molecule has 1 aliphatic carbocycles. The van der Waals surface area contributed by atoms with E-state index >= 15 is 0 Å². The molecule has 188 valence electrons. The highest BCUT2D eigenvalue weighted by Gasteiger charge is 2.40. The van der Waals surface area contributed by atoms with Crippen LogP contribution in [-0.2, 0) is 22.0 Å². The maximum absolute atomic E-state index is 12.8. The number of ether oxygens (including phenoxy) is 1. The molecular weight excluding hydrogens is 476 g/mol. The van der Waals surface area contributed by atoms with Gasteiger partial charge in [-0.15, -0.1) is 5.92 Å². The van der Waals surface area contributed by atoms with Gasteiger partial charge in [0.1, 0.15) is 10.7 Å². The molecule has 2 aromatic heterocycles. The van der Waals surface area contributed by atoms with Gasteiger partial charge >= 0.3 is 6.09 Å². The average Bonchev–Trinajstić information content (AvgIpc) is 3.26. The number of pyridine rings is 1. The second kappa shape index (κ2) is 10.3. The number of nitrogens with zero attached hydrogens (tertiary/aromatic N) is 4. The number of anilines is 2. The first-order chi connectivity index (χ1) is 17.5. The summed E-state index contributed by atoms with van der Waals surface area (Å²) < 4.78 is 17.5. The number of carbonyl (C=O) groups excluding carboxylic acids is 1. The predicted octanol–water partition coefficient (Wildman–Crippen LogP) is 2.89. The molecule has 0 radical (unpaired) electrons. The number of methoxy groups -OCH3 is 1. The van der Waals surface area contributed by atoms with Gasteiger partial charge < -0.3 is 20.3 Å². The van der Waals surface area contributed by atoms with Gasteiger partial charge in [0, 0.05) is 43.6 Å². The van der Waals surface area contributed by atoms with Gasteiger partial charge in [-0.25, -0.2) is 9.78 Å². The molecule has 1 fully saturated rings. The normalized spacial score (nSPS) is 19.8. The number of amides is 1. The first kappa shape index (κ1) is 24.3. The Hall–Kier alpha value is -3.45. The standard InChI is InChI=1S/C26H30N6O3S/c1-3-5-18-6-7-20(27-16-18)19-8-13-32(14-9-19)24-29-21-10-15-36(34)22(21)23(30-24)31-26(11-4-12-26)17-28-25(33)35-2/h6-8,16H,4,9-15,17H2,1-2H3,(H,28,33)(H,29,30,31)/t36-/m1/s1. The molecule has 4 heterocycles. The summed E-state index contributed by atoms with van der Waals surface area (Å²) in [6, 6.07) is 4.02. The monoisotopic (exact) mass is 506 g/mol. The van der Waals surface area contributed by atoms with Crippen LogP contribution in [-0.4, -0.2) is 63.3 Å². The Morgan fingerprint density at radius 2 is 2.14 bits per heavy atom. The van der Waals surface area contributed by atoms with Crippen LogP contribution in [0.4, 0.5) is 16.6 Å². The Labute approximate surface area is 213 Å². The summed E-state index contributed by atoms with van der Waals surface area (Å²) in [6.07, 6.45) is 7.86. The van der Waals surface area contributed by atoms with Crippen LogP contribution >= 0.6 is 0 Å². The van der Waals surface area contributed by atoms with Crippen LogP contribution in [0.25, 0.3) is 5.57 Å². The highest BCUT2D eigenvalue weighted by molar-refractivity contribution is 7.85. The van der Waals surface area contributed by atoms with E-state index in [1.54, 1.807) is 0 Å². The second-order valence-corrected chi connectivity index (χ2v) is 10.8. The first-order valence-electron chi connectivity index (χ1n) is 12.2. The lowest BCUT2D eigenvalue weighted by Gasteiger charge is -2.43. The summed E-state index contributed by atoms with van der Waals surface area (Å²) >= 11 is 0. The lowest BCUT2D eigenvalue weighted by atomic mass is 9.76. The van der Waals surface area contributed by atoms with Crippen LogP contribution in [0.5, 0.6) is 0 Å². The number of rotatable bonds is 6. The molecular formula is C26H30N6O3S. The van der Waals surface area contributed by atoms with E-state index in [4.69, 9.17) is 14.7 Å². The summed E-state index contributed by atoms with van der Waals surface area (Å²) in [5.41, 5.74) is 3.60. The molecule has 36 heavy (non-hydrogen) atoms. The second-order valence-electron chi connectivity index (χ2n) is 9.28. The molecule has 0 bridgehead atoms. The smallest absolute Gasteiger partial charge is 0.406 e. The quantitative estimate of drug-likeness (QED) is 0.576. The summed E-state index contributed by atoms with van der Waals surface area (Å²) in [6.45, 7) is 3.67. The minimum Gasteiger partial charge on any atom is -0.453 e. The van der Waals surface area contributed by atoms with Crippen molar-refractivity contribution in [2.75, 3.05) is 42.7 Å². The summed E-state index contributed by atoms with van der Waals surface area (Å²) in [5, 5.41) is 6.36.